The molecule has 2 heterocycles. The van der Waals surface area contributed by atoms with Gasteiger partial charge in [0.15, 0.2) is 0 Å². The van der Waals surface area contributed by atoms with Crippen LogP contribution in [0, 0.1) is 5.92 Å². The van der Waals surface area contributed by atoms with Gasteiger partial charge in [-0.25, -0.2) is 4.79 Å². The molecular weight excluding hydrogens is 352 g/mol. The van der Waals surface area contributed by atoms with Gasteiger partial charge >= 0.3 is 6.09 Å². The van der Waals surface area contributed by atoms with E-state index in [-0.39, 0.29) is 12.1 Å². The largest absolute Gasteiger partial charge is 0.444 e. The van der Waals surface area contributed by atoms with Crippen molar-refractivity contribution < 1.29 is 9.53 Å². The molecule has 1 atom stereocenters. The number of carbonyl (C=O) groups is 1. The minimum Gasteiger partial charge on any atom is -0.444 e. The Bertz CT molecular complexity index is 673. The number of amides is 1. The number of carbonyl (C=O) groups excluding carboxylic acids is 1. The Morgan fingerprint density at radius 1 is 1.32 bits per heavy atom. The van der Waals surface area contributed by atoms with Crippen LogP contribution in [0.25, 0.3) is 0 Å². The van der Waals surface area contributed by atoms with Crippen LogP contribution in [0.3, 0.4) is 0 Å². The molecule has 158 valence electrons. The van der Waals surface area contributed by atoms with E-state index in [4.69, 9.17) is 9.84 Å². The van der Waals surface area contributed by atoms with Gasteiger partial charge in [0.1, 0.15) is 5.60 Å². The number of fused-ring (bicyclic) bond motifs is 1. The smallest absolute Gasteiger partial charge is 0.407 e. The number of hydrogen-bond acceptors (Lipinski definition) is 4. The quantitative estimate of drug-likeness (QED) is 0.731. The summed E-state index contributed by atoms with van der Waals surface area (Å²) in [6.07, 6.45) is 6.45. The third-order valence-electron chi connectivity index (χ3n) is 5.60. The van der Waals surface area contributed by atoms with Crippen LogP contribution in [0.4, 0.5) is 4.79 Å². The lowest BCUT2D eigenvalue weighted by Crippen LogP contribution is -2.46. The Morgan fingerprint density at radius 2 is 2.07 bits per heavy atom. The van der Waals surface area contributed by atoms with E-state index in [1.165, 1.54) is 29.8 Å². The van der Waals surface area contributed by atoms with Crippen molar-refractivity contribution in [1.82, 2.24) is 20.0 Å². The molecule has 1 aliphatic carbocycles. The van der Waals surface area contributed by atoms with Crippen LogP contribution in [-0.4, -0.2) is 45.5 Å². The van der Waals surface area contributed by atoms with Crippen molar-refractivity contribution in [2.75, 3.05) is 13.1 Å². The molecule has 1 amide bonds. The summed E-state index contributed by atoms with van der Waals surface area (Å²) in [4.78, 5) is 14.7. The molecule has 6 nitrogen and oxygen atoms in total. The SMILES string of the molecule is CCC[C@H](CN1CCc2nn(CC3CC3)c(CC)c2C1)NC(=O)OC(C)(C)C. The second kappa shape index (κ2) is 8.85. The first kappa shape index (κ1) is 21.2. The van der Waals surface area contributed by atoms with E-state index in [9.17, 15) is 4.79 Å². The fourth-order valence-electron chi connectivity index (χ4n) is 4.13. The first-order valence-electron chi connectivity index (χ1n) is 11.1. The zero-order valence-corrected chi connectivity index (χ0v) is 18.4. The highest BCUT2D eigenvalue weighted by Gasteiger charge is 2.29. The number of ether oxygens (including phenoxy) is 1. The summed E-state index contributed by atoms with van der Waals surface area (Å²) in [5, 5.41) is 8.03. The minimum absolute atomic E-state index is 0.119. The summed E-state index contributed by atoms with van der Waals surface area (Å²) < 4.78 is 7.75. The van der Waals surface area contributed by atoms with Crippen molar-refractivity contribution in [3.63, 3.8) is 0 Å². The predicted molar refractivity (Wildman–Crippen MR) is 111 cm³/mol. The Kier molecular flexibility index (Phi) is 6.69. The first-order valence-corrected chi connectivity index (χ1v) is 11.1. The normalized spacial score (nSPS) is 18.6. The summed E-state index contributed by atoms with van der Waals surface area (Å²) in [5.74, 6) is 0.842. The first-order chi connectivity index (χ1) is 13.3. The topological polar surface area (TPSA) is 59.4 Å². The lowest BCUT2D eigenvalue weighted by Gasteiger charge is -2.31. The second-order valence-electron chi connectivity index (χ2n) is 9.47. The van der Waals surface area contributed by atoms with E-state index in [0.717, 1.165) is 57.8 Å². The van der Waals surface area contributed by atoms with Crippen LogP contribution >= 0.6 is 0 Å². The second-order valence-corrected chi connectivity index (χ2v) is 9.47. The van der Waals surface area contributed by atoms with Gasteiger partial charge in [0.25, 0.3) is 0 Å². The summed E-state index contributed by atoms with van der Waals surface area (Å²) >= 11 is 0. The highest BCUT2D eigenvalue weighted by molar-refractivity contribution is 5.68. The minimum atomic E-state index is -0.465. The Hall–Kier alpha value is -1.56. The molecule has 1 saturated carbocycles. The summed E-state index contributed by atoms with van der Waals surface area (Å²) in [7, 11) is 0. The molecule has 3 rings (SSSR count). The van der Waals surface area contributed by atoms with Crippen LogP contribution in [0.5, 0.6) is 0 Å². The highest BCUT2D eigenvalue weighted by atomic mass is 16.6. The lowest BCUT2D eigenvalue weighted by atomic mass is 10.0. The Morgan fingerprint density at radius 3 is 2.68 bits per heavy atom. The summed E-state index contributed by atoms with van der Waals surface area (Å²) in [6, 6.07) is 0.119. The number of alkyl carbamates (subject to hydrolysis) is 1. The molecule has 6 heteroatoms. The molecule has 0 unspecified atom stereocenters. The fraction of sp³-hybridized carbons (Fsp3) is 0.818. The number of nitrogens with zero attached hydrogens (tertiary/aromatic N) is 3. The number of aromatic nitrogens is 2. The molecule has 1 N–H and O–H groups in total. The van der Waals surface area contributed by atoms with Gasteiger partial charge in [0.2, 0.25) is 0 Å². The molecule has 28 heavy (non-hydrogen) atoms. The number of hydrogen-bond donors (Lipinski definition) is 1. The van der Waals surface area contributed by atoms with E-state index >= 15 is 0 Å². The summed E-state index contributed by atoms with van der Waals surface area (Å²) in [5.41, 5.74) is 3.68. The van der Waals surface area contributed by atoms with E-state index in [2.05, 4.69) is 28.7 Å². The van der Waals surface area contributed by atoms with Crippen molar-refractivity contribution in [2.45, 2.75) is 97.9 Å². The van der Waals surface area contributed by atoms with Gasteiger partial charge < -0.3 is 10.1 Å². The maximum absolute atomic E-state index is 12.2. The van der Waals surface area contributed by atoms with Gasteiger partial charge in [0, 0.05) is 49.9 Å². The number of rotatable bonds is 8. The van der Waals surface area contributed by atoms with E-state index in [0.29, 0.717) is 0 Å². The zero-order valence-electron chi connectivity index (χ0n) is 18.4. The molecule has 0 bridgehead atoms. The molecule has 0 aromatic carbocycles. The van der Waals surface area contributed by atoms with Gasteiger partial charge in [-0.2, -0.15) is 5.10 Å². The third-order valence-corrected chi connectivity index (χ3v) is 5.60. The summed E-state index contributed by atoms with van der Waals surface area (Å²) in [6.45, 7) is 14.0. The molecule has 0 radical (unpaired) electrons. The van der Waals surface area contributed by atoms with Crippen molar-refractivity contribution in [3.05, 3.63) is 17.0 Å². The molecule has 1 aliphatic heterocycles. The Labute approximate surface area is 170 Å². The molecule has 2 aliphatic rings. The van der Waals surface area contributed by atoms with E-state index in [1.54, 1.807) is 0 Å². The number of nitrogens with one attached hydrogen (secondary N) is 1. The average Bonchev–Trinajstić information content (AvgIpc) is 3.33. The maximum Gasteiger partial charge on any atom is 0.407 e. The van der Waals surface area contributed by atoms with Crippen molar-refractivity contribution in [3.8, 4) is 0 Å². The standard InChI is InChI=1S/C22H38N4O2/c1-6-8-17(23-21(27)28-22(3,4)5)14-25-12-11-19-18(15-25)20(7-2)26(24-19)13-16-9-10-16/h16-17H,6-15H2,1-5H3,(H,23,27)/t17-/m1/s1. The Balaban J connectivity index is 1.62. The lowest BCUT2D eigenvalue weighted by molar-refractivity contribution is 0.0486. The molecule has 1 aromatic rings. The highest BCUT2D eigenvalue weighted by Crippen LogP contribution is 2.32. The van der Waals surface area contributed by atoms with Gasteiger partial charge in [0.05, 0.1) is 5.69 Å². The zero-order chi connectivity index (χ0) is 20.3. The molecule has 0 saturated heterocycles. The van der Waals surface area contributed by atoms with Crippen LogP contribution in [0.15, 0.2) is 0 Å². The van der Waals surface area contributed by atoms with Gasteiger partial charge in [-0.15, -0.1) is 0 Å². The van der Waals surface area contributed by atoms with Crippen LogP contribution in [0.2, 0.25) is 0 Å². The monoisotopic (exact) mass is 390 g/mol. The van der Waals surface area contributed by atoms with Crippen LogP contribution < -0.4 is 5.32 Å². The van der Waals surface area contributed by atoms with Gasteiger partial charge in [-0.05, 0) is 52.4 Å². The maximum atomic E-state index is 12.2. The van der Waals surface area contributed by atoms with Crippen LogP contribution in [-0.2, 0) is 30.7 Å². The predicted octanol–water partition coefficient (Wildman–Crippen LogP) is 3.91. The molecule has 1 aromatic heterocycles. The average molecular weight is 391 g/mol. The molecule has 1 fully saturated rings. The van der Waals surface area contributed by atoms with Crippen molar-refractivity contribution in [2.24, 2.45) is 5.92 Å². The molecular formula is C22H38N4O2. The fourth-order valence-corrected chi connectivity index (χ4v) is 4.13. The van der Waals surface area contributed by atoms with Gasteiger partial charge in [-0.1, -0.05) is 20.3 Å². The van der Waals surface area contributed by atoms with E-state index in [1.807, 2.05) is 20.8 Å². The van der Waals surface area contributed by atoms with Gasteiger partial charge in [-0.3, -0.25) is 9.58 Å². The van der Waals surface area contributed by atoms with Crippen molar-refractivity contribution >= 4 is 6.09 Å². The van der Waals surface area contributed by atoms with E-state index < -0.39 is 5.60 Å². The molecule has 0 spiro atoms. The van der Waals surface area contributed by atoms with Crippen molar-refractivity contribution in [1.29, 1.82) is 0 Å². The third kappa shape index (κ3) is 5.72. The van der Waals surface area contributed by atoms with Crippen LogP contribution in [0.1, 0.15) is 77.3 Å².